The molecular weight excluding hydrogens is 428 g/mol. The van der Waals surface area contributed by atoms with Crippen LogP contribution in [0.4, 0.5) is 5.69 Å². The summed E-state index contributed by atoms with van der Waals surface area (Å²) in [4.78, 5) is 45.8. The first-order valence-corrected chi connectivity index (χ1v) is 9.60. The van der Waals surface area contributed by atoms with Crippen molar-refractivity contribution in [1.29, 1.82) is 5.26 Å². The monoisotopic (exact) mass is 448 g/mol. The van der Waals surface area contributed by atoms with Crippen molar-refractivity contribution in [3.8, 4) is 17.9 Å². The maximum atomic E-state index is 12.2. The summed E-state index contributed by atoms with van der Waals surface area (Å²) in [5, 5.41) is 27.3. The van der Waals surface area contributed by atoms with Crippen molar-refractivity contribution < 1.29 is 19.6 Å². The van der Waals surface area contributed by atoms with Gasteiger partial charge in [0.05, 0.1) is 19.2 Å². The van der Waals surface area contributed by atoms with Gasteiger partial charge in [0, 0.05) is 22.4 Å². The molecule has 2 rings (SSSR count). The fourth-order valence-corrected chi connectivity index (χ4v) is 2.51. The summed E-state index contributed by atoms with van der Waals surface area (Å²) in [5.74, 6) is 4.08. The zero-order valence-electron chi connectivity index (χ0n) is 17.3. The van der Waals surface area contributed by atoms with Crippen LogP contribution in [0.3, 0.4) is 0 Å². The highest BCUT2D eigenvalue weighted by Gasteiger charge is 2.21. The molecule has 168 valence electrons. The highest BCUT2D eigenvalue weighted by molar-refractivity contribution is 5.97. The Morgan fingerprint density at radius 3 is 2.15 bits per heavy atom. The Balaban J connectivity index is 1.96. The molecule has 0 saturated heterocycles. The predicted molar refractivity (Wildman–Crippen MR) is 118 cm³/mol. The number of hydrogen-bond acceptors (Lipinski definition) is 8. The zero-order valence-corrected chi connectivity index (χ0v) is 17.3. The Kier molecular flexibility index (Phi) is 9.70. The topological polar surface area (TPSA) is 173 Å². The number of carbonyl (C=O) groups excluding carboxylic acids is 3. The van der Waals surface area contributed by atoms with Crippen LogP contribution in [-0.4, -0.2) is 48.6 Å². The van der Waals surface area contributed by atoms with Gasteiger partial charge in [0.1, 0.15) is 12.6 Å². The summed E-state index contributed by atoms with van der Waals surface area (Å²) in [7, 11) is 0. The molecule has 1 atom stereocenters. The van der Waals surface area contributed by atoms with E-state index < -0.39 is 24.4 Å². The molecule has 3 amide bonds. The van der Waals surface area contributed by atoms with Gasteiger partial charge in [-0.2, -0.15) is 10.2 Å². The predicted octanol–water partition coefficient (Wildman–Crippen LogP) is 0.508. The third-order valence-electron chi connectivity index (χ3n) is 4.15. The van der Waals surface area contributed by atoms with Gasteiger partial charge in [-0.1, -0.05) is 17.0 Å². The van der Waals surface area contributed by atoms with Gasteiger partial charge in [0.15, 0.2) is 0 Å². The maximum absolute atomic E-state index is 12.2. The average molecular weight is 448 g/mol. The molecule has 0 aromatic heterocycles. The molecule has 2 aromatic carbocycles. The highest BCUT2D eigenvalue weighted by Crippen LogP contribution is 2.09. The molecule has 5 N–H and O–H groups in total. The summed E-state index contributed by atoms with van der Waals surface area (Å²) in [6.07, 6.45) is 0. The van der Waals surface area contributed by atoms with Crippen LogP contribution in [0.5, 0.6) is 0 Å². The lowest BCUT2D eigenvalue weighted by Crippen LogP contribution is -2.47. The second-order valence-corrected chi connectivity index (χ2v) is 6.53. The number of benzene rings is 2. The quantitative estimate of drug-likeness (QED) is 0.0928. The van der Waals surface area contributed by atoms with Crippen LogP contribution in [0, 0.1) is 28.1 Å². The third kappa shape index (κ3) is 8.22. The van der Waals surface area contributed by atoms with E-state index >= 15 is 0 Å². The van der Waals surface area contributed by atoms with E-state index in [9.17, 15) is 19.3 Å². The Bertz CT molecular complexity index is 1100. The number of rotatable bonds is 9. The van der Waals surface area contributed by atoms with E-state index in [4.69, 9.17) is 10.5 Å². The molecule has 0 radical (unpaired) electrons. The van der Waals surface area contributed by atoms with Gasteiger partial charge in [-0.05, 0) is 48.5 Å². The van der Waals surface area contributed by atoms with Crippen molar-refractivity contribution in [3.05, 3.63) is 70.1 Å². The van der Waals surface area contributed by atoms with Crippen LogP contribution < -0.4 is 21.4 Å². The summed E-state index contributed by atoms with van der Waals surface area (Å²) < 4.78 is 0. The van der Waals surface area contributed by atoms with Gasteiger partial charge in [0.2, 0.25) is 5.91 Å². The average Bonchev–Trinajstić information content (AvgIpc) is 2.83. The second-order valence-electron chi connectivity index (χ2n) is 6.53. The SMILES string of the molecule is N#CCNCC(=O)Nc1ccc(C#Cc2ccc(C(=O)N[C@@H](CN=O)C(=O)NO)cc2)cc1. The van der Waals surface area contributed by atoms with Gasteiger partial charge in [-0.3, -0.25) is 24.9 Å². The van der Waals surface area contributed by atoms with E-state index in [2.05, 4.69) is 33.0 Å². The molecule has 33 heavy (non-hydrogen) atoms. The molecule has 2 aromatic rings. The van der Waals surface area contributed by atoms with E-state index in [0.29, 0.717) is 16.8 Å². The normalized spacial score (nSPS) is 10.5. The number of anilines is 1. The molecule has 0 bridgehead atoms. The summed E-state index contributed by atoms with van der Waals surface area (Å²) in [5.41, 5.74) is 3.53. The number of nitrogens with one attached hydrogen (secondary N) is 4. The molecule has 11 nitrogen and oxygen atoms in total. The number of nitroso groups, excluding NO2 is 1. The Labute approximate surface area is 189 Å². The molecule has 0 aliphatic rings. The summed E-state index contributed by atoms with van der Waals surface area (Å²) in [6, 6.07) is 13.7. The van der Waals surface area contributed by atoms with Crippen LogP contribution in [-0.2, 0) is 9.59 Å². The molecular formula is C22H20N6O5. The number of nitriles is 1. The molecule has 0 heterocycles. The Hall–Kier alpha value is -4.58. The lowest BCUT2D eigenvalue weighted by atomic mass is 10.1. The molecule has 0 spiro atoms. The maximum Gasteiger partial charge on any atom is 0.267 e. The lowest BCUT2D eigenvalue weighted by Gasteiger charge is -2.13. The minimum atomic E-state index is -1.29. The molecule has 0 saturated carbocycles. The molecule has 0 aliphatic heterocycles. The standard InChI is InChI=1S/C22H20N6O5/c23-11-12-24-14-20(29)26-18-9-5-16(6-10-18)2-1-15-3-7-17(8-4-15)21(30)27-19(13-25-32)22(31)28-33/h3-10,19,24,33H,12-14H2,(H,26,29)(H,27,30)(H,28,31)/t19-/m0/s1. The first-order valence-electron chi connectivity index (χ1n) is 9.60. The molecule has 0 aliphatic carbocycles. The minimum absolute atomic E-state index is 0.0341. The summed E-state index contributed by atoms with van der Waals surface area (Å²) >= 11 is 0. The van der Waals surface area contributed by atoms with Crippen molar-refractivity contribution >= 4 is 23.4 Å². The number of amides is 3. The zero-order chi connectivity index (χ0) is 24.1. The first-order chi connectivity index (χ1) is 16.0. The first kappa shape index (κ1) is 24.7. The molecule has 0 fully saturated rings. The number of carbonyl (C=O) groups is 3. The Morgan fingerprint density at radius 2 is 1.61 bits per heavy atom. The van der Waals surface area contributed by atoms with Gasteiger partial charge < -0.3 is 10.6 Å². The van der Waals surface area contributed by atoms with Gasteiger partial charge in [-0.15, -0.1) is 0 Å². The van der Waals surface area contributed by atoms with Crippen molar-refractivity contribution in [3.63, 3.8) is 0 Å². The minimum Gasteiger partial charge on any atom is -0.338 e. The van der Waals surface area contributed by atoms with E-state index in [1.54, 1.807) is 36.4 Å². The van der Waals surface area contributed by atoms with Crippen molar-refractivity contribution in [2.45, 2.75) is 6.04 Å². The molecule has 11 heteroatoms. The molecule has 0 unspecified atom stereocenters. The Morgan fingerprint density at radius 1 is 1.00 bits per heavy atom. The number of nitrogens with zero attached hydrogens (tertiary/aromatic N) is 2. The fourth-order valence-electron chi connectivity index (χ4n) is 2.51. The van der Waals surface area contributed by atoms with E-state index in [0.717, 1.165) is 0 Å². The van der Waals surface area contributed by atoms with E-state index in [1.165, 1.54) is 17.6 Å². The number of hydrogen-bond donors (Lipinski definition) is 5. The van der Waals surface area contributed by atoms with Crippen molar-refractivity contribution in [1.82, 2.24) is 16.1 Å². The van der Waals surface area contributed by atoms with Gasteiger partial charge in [0.25, 0.3) is 11.8 Å². The number of hydroxylamine groups is 1. The van der Waals surface area contributed by atoms with Crippen LogP contribution in [0.2, 0.25) is 0 Å². The third-order valence-corrected chi connectivity index (χ3v) is 4.15. The van der Waals surface area contributed by atoms with Crippen molar-refractivity contribution in [2.75, 3.05) is 25.0 Å². The van der Waals surface area contributed by atoms with Crippen molar-refractivity contribution in [2.24, 2.45) is 5.18 Å². The lowest BCUT2D eigenvalue weighted by molar-refractivity contribution is -0.130. The second kappa shape index (κ2) is 13.0. The highest BCUT2D eigenvalue weighted by atomic mass is 16.5. The van der Waals surface area contributed by atoms with Crippen LogP contribution in [0.1, 0.15) is 21.5 Å². The largest absolute Gasteiger partial charge is 0.338 e. The van der Waals surface area contributed by atoms with Gasteiger partial charge in [-0.25, -0.2) is 5.48 Å². The van der Waals surface area contributed by atoms with Gasteiger partial charge >= 0.3 is 0 Å². The van der Waals surface area contributed by atoms with Crippen LogP contribution >= 0.6 is 0 Å². The van der Waals surface area contributed by atoms with E-state index in [-0.39, 0.29) is 24.6 Å². The summed E-state index contributed by atoms with van der Waals surface area (Å²) in [6.45, 7) is -0.402. The fraction of sp³-hybridized carbons (Fsp3) is 0.182. The van der Waals surface area contributed by atoms with Crippen LogP contribution in [0.25, 0.3) is 0 Å². The van der Waals surface area contributed by atoms with Crippen LogP contribution in [0.15, 0.2) is 53.7 Å². The van der Waals surface area contributed by atoms with E-state index in [1.807, 2.05) is 6.07 Å². The smallest absolute Gasteiger partial charge is 0.267 e.